The molecule has 0 aliphatic rings. The van der Waals surface area contributed by atoms with Gasteiger partial charge in [0.2, 0.25) is 0 Å². The van der Waals surface area contributed by atoms with E-state index < -0.39 is 37.8 Å². The summed E-state index contributed by atoms with van der Waals surface area (Å²) in [6.45, 7) is 0. The summed E-state index contributed by atoms with van der Waals surface area (Å²) in [5.41, 5.74) is 3.21. The van der Waals surface area contributed by atoms with Gasteiger partial charge >= 0.3 is 0 Å². The smallest absolute Gasteiger partial charge is 0.253 e. The average Bonchev–Trinajstić information content (AvgIpc) is 2.11. The van der Waals surface area contributed by atoms with Crippen molar-refractivity contribution in [1.29, 1.82) is 0 Å². The molecule has 4 N–H and O–H groups in total. The predicted molar refractivity (Wildman–Crippen MR) is 45.2 cm³/mol. The minimum atomic E-state index is -3.59. The van der Waals surface area contributed by atoms with Gasteiger partial charge in [0.15, 0.2) is 6.29 Å². The Kier molecular flexibility index (Phi) is 5.49. The van der Waals surface area contributed by atoms with Crippen LogP contribution in [0, 0.1) is 5.92 Å². The van der Waals surface area contributed by atoms with Crippen LogP contribution in [0.2, 0.25) is 0 Å². The lowest BCUT2D eigenvalue weighted by atomic mass is 10.1. The Morgan fingerprint density at radius 2 is 1.93 bits per heavy atom. The zero-order valence-electron chi connectivity index (χ0n) is 8.05. The number of carboxylic acids is 2. The van der Waals surface area contributed by atoms with Gasteiger partial charge in [0.25, 0.3) is 7.37 Å². The molecule has 2 atom stereocenters. The molecule has 1 unspecified atom stereocenters. The van der Waals surface area contributed by atoms with E-state index in [1.165, 1.54) is 0 Å². The van der Waals surface area contributed by atoms with E-state index in [0.717, 1.165) is 0 Å². The van der Waals surface area contributed by atoms with Crippen LogP contribution in [-0.2, 0) is 14.2 Å². The third kappa shape index (κ3) is 6.22. The summed E-state index contributed by atoms with van der Waals surface area (Å²) >= 11 is 0. The molecule has 0 bridgehead atoms. The molecule has 0 radical (unpaired) electrons. The number of rotatable bonds is 7. The Labute approximate surface area is 86.4 Å². The fourth-order valence-electron chi connectivity index (χ4n) is 1.01. The number of quaternary nitrogens is 1. The number of hydrogen-bond acceptors (Lipinski definition) is 5. The van der Waals surface area contributed by atoms with Crippen molar-refractivity contribution < 1.29 is 35.0 Å². The van der Waals surface area contributed by atoms with E-state index in [1.54, 1.807) is 0 Å². The Hall–Kier alpha value is -0.910. The van der Waals surface area contributed by atoms with Crippen molar-refractivity contribution in [3.05, 3.63) is 0 Å². The maximum Gasteiger partial charge on any atom is 0.253 e. The van der Waals surface area contributed by atoms with Gasteiger partial charge < -0.3 is 30.4 Å². The molecule has 0 fully saturated rings. The summed E-state index contributed by atoms with van der Waals surface area (Å²) in [6.07, 6.45) is -1.54. The molecule has 15 heavy (non-hydrogen) atoms. The highest BCUT2D eigenvalue weighted by Crippen LogP contribution is 2.40. The molecular formula is C7H13NO6P-. The zero-order chi connectivity index (χ0) is 12.1. The molecule has 0 amide bonds. The monoisotopic (exact) mass is 238 g/mol. The molecule has 0 aromatic rings. The highest BCUT2D eigenvalue weighted by atomic mass is 31.2. The van der Waals surface area contributed by atoms with Crippen molar-refractivity contribution in [3.63, 3.8) is 0 Å². The highest BCUT2D eigenvalue weighted by Gasteiger charge is 2.25. The standard InChI is InChI=1S/C7H14NO6P/c8-4-15(13,14)3-5(7(11)12)1-2-6(9)10/h5H,1-4,8H2,(H,9,10)(H,11,12)(H,13,14)/p-1/t5-/m1/s1. The van der Waals surface area contributed by atoms with Gasteiger partial charge in [-0.1, -0.05) is 0 Å². The topological polar surface area (TPSA) is 145 Å². The minimum absolute atomic E-state index is 0.269. The van der Waals surface area contributed by atoms with Crippen molar-refractivity contribution in [1.82, 2.24) is 0 Å². The number of carboxylic acid groups (broad SMARTS) is 2. The zero-order valence-corrected chi connectivity index (χ0v) is 8.94. The molecule has 7 nitrogen and oxygen atoms in total. The molecule has 0 heterocycles. The summed E-state index contributed by atoms with van der Waals surface area (Å²) in [5.74, 6) is -4.18. The molecular weight excluding hydrogens is 225 g/mol. The first-order valence-corrected chi connectivity index (χ1v) is 6.32. The quantitative estimate of drug-likeness (QED) is 0.437. The minimum Gasteiger partial charge on any atom is -0.550 e. The second-order valence-electron chi connectivity index (χ2n) is 3.18. The molecule has 0 spiro atoms. The van der Waals surface area contributed by atoms with Gasteiger partial charge in [-0.05, 0) is 12.8 Å². The van der Waals surface area contributed by atoms with E-state index in [2.05, 4.69) is 5.73 Å². The van der Waals surface area contributed by atoms with Crippen LogP contribution in [0.25, 0.3) is 0 Å². The van der Waals surface area contributed by atoms with Crippen LogP contribution in [0.15, 0.2) is 0 Å². The number of carbonyl (C=O) groups excluding carboxylic acids is 2. The Bertz CT molecular complexity index is 291. The van der Waals surface area contributed by atoms with Crippen molar-refractivity contribution in [2.24, 2.45) is 5.92 Å². The Morgan fingerprint density at radius 3 is 2.27 bits per heavy atom. The lowest BCUT2D eigenvalue weighted by Gasteiger charge is -2.19. The summed E-state index contributed by atoms with van der Waals surface area (Å²) in [4.78, 5) is 29.8. The van der Waals surface area contributed by atoms with Gasteiger partial charge in [-0.3, -0.25) is 4.57 Å². The van der Waals surface area contributed by atoms with E-state index >= 15 is 0 Å². The molecule has 0 aromatic heterocycles. The maximum absolute atomic E-state index is 11.2. The summed E-state index contributed by atoms with van der Waals surface area (Å²) in [5, 5.41) is 20.6. The third-order valence-electron chi connectivity index (χ3n) is 1.89. The normalized spacial score (nSPS) is 16.7. The first-order chi connectivity index (χ1) is 6.78. The molecule has 0 aliphatic heterocycles. The van der Waals surface area contributed by atoms with E-state index in [1.807, 2.05) is 0 Å². The first-order valence-electron chi connectivity index (χ1n) is 4.29. The van der Waals surface area contributed by atoms with Crippen LogP contribution in [0.4, 0.5) is 0 Å². The predicted octanol–water partition coefficient (Wildman–Crippen LogP) is -3.65. The van der Waals surface area contributed by atoms with Gasteiger partial charge in [-0.2, -0.15) is 0 Å². The van der Waals surface area contributed by atoms with E-state index in [-0.39, 0.29) is 12.7 Å². The van der Waals surface area contributed by atoms with Crippen LogP contribution < -0.4 is 15.9 Å². The second-order valence-corrected chi connectivity index (χ2v) is 5.68. The molecule has 0 aliphatic carbocycles. The second kappa shape index (κ2) is 5.85. The molecule has 8 heteroatoms. The number of carbonyl (C=O) groups is 2. The molecule has 0 saturated carbocycles. The van der Waals surface area contributed by atoms with Crippen LogP contribution in [-0.4, -0.2) is 29.3 Å². The van der Waals surface area contributed by atoms with Crippen LogP contribution >= 0.6 is 7.37 Å². The highest BCUT2D eigenvalue weighted by molar-refractivity contribution is 7.57. The average molecular weight is 238 g/mol. The largest absolute Gasteiger partial charge is 0.550 e. The van der Waals surface area contributed by atoms with Crippen molar-refractivity contribution in [3.8, 4) is 0 Å². The lowest BCUT2D eigenvalue weighted by Crippen LogP contribution is -2.50. The summed E-state index contributed by atoms with van der Waals surface area (Å²) in [6, 6.07) is 0. The maximum atomic E-state index is 11.2. The fraction of sp³-hybridized carbons (Fsp3) is 0.714. The Balaban J connectivity index is 4.35. The Morgan fingerprint density at radius 1 is 1.40 bits per heavy atom. The SMILES string of the molecule is [NH3+]CP(=O)(O)C[C@@H](CCC(=O)[O-])C(=O)[O-]. The van der Waals surface area contributed by atoms with Crippen molar-refractivity contribution in [2.75, 3.05) is 12.4 Å². The van der Waals surface area contributed by atoms with Gasteiger partial charge in [0.1, 0.15) is 0 Å². The number of aliphatic carboxylic acids is 2. The van der Waals surface area contributed by atoms with Gasteiger partial charge in [0, 0.05) is 24.0 Å². The molecule has 0 saturated heterocycles. The van der Waals surface area contributed by atoms with E-state index in [9.17, 15) is 24.4 Å². The van der Waals surface area contributed by atoms with Crippen LogP contribution in [0.3, 0.4) is 0 Å². The molecule has 0 aromatic carbocycles. The van der Waals surface area contributed by atoms with Crippen molar-refractivity contribution >= 4 is 19.3 Å². The van der Waals surface area contributed by atoms with Gasteiger partial charge in [-0.15, -0.1) is 0 Å². The first kappa shape index (κ1) is 14.1. The van der Waals surface area contributed by atoms with E-state index in [0.29, 0.717) is 0 Å². The lowest BCUT2D eigenvalue weighted by molar-refractivity contribution is -0.343. The van der Waals surface area contributed by atoms with Crippen LogP contribution in [0.5, 0.6) is 0 Å². The molecule has 88 valence electrons. The van der Waals surface area contributed by atoms with E-state index in [4.69, 9.17) is 4.89 Å². The fourth-order valence-corrected chi connectivity index (χ4v) is 2.21. The molecule has 0 rings (SSSR count). The summed E-state index contributed by atoms with van der Waals surface area (Å²) in [7, 11) is -3.59. The summed E-state index contributed by atoms with van der Waals surface area (Å²) < 4.78 is 11.2. The van der Waals surface area contributed by atoms with Crippen LogP contribution in [0.1, 0.15) is 12.8 Å². The van der Waals surface area contributed by atoms with Crippen molar-refractivity contribution in [2.45, 2.75) is 12.8 Å². The van der Waals surface area contributed by atoms with Gasteiger partial charge in [0.05, 0.1) is 0 Å². The third-order valence-corrected chi connectivity index (χ3v) is 3.60. The van der Waals surface area contributed by atoms with Gasteiger partial charge in [-0.25, -0.2) is 0 Å². The number of hydrogen-bond donors (Lipinski definition) is 2.